The van der Waals surface area contributed by atoms with E-state index in [0.717, 1.165) is 0 Å². The maximum atomic E-state index is 9.97. The average molecular weight is 150 g/mol. The minimum Gasteiger partial charge on any atom is -0.368 e. The fourth-order valence-electron chi connectivity index (χ4n) is 0.163. The van der Waals surface area contributed by atoms with E-state index in [9.17, 15) is 4.79 Å². The Morgan fingerprint density at radius 3 is 2.50 bits per heavy atom. The van der Waals surface area contributed by atoms with Gasteiger partial charge < -0.3 is 11.1 Å². The van der Waals surface area contributed by atoms with Gasteiger partial charge in [-0.2, -0.15) is 0 Å². The number of rotatable bonds is 2. The molecule has 3 N–H and O–H groups in total. The number of thiol groups is 1. The molecule has 0 radical (unpaired) electrons. The Kier molecular flexibility index (Phi) is 3.55. The van der Waals surface area contributed by atoms with Gasteiger partial charge in [-0.25, -0.2) is 0 Å². The van der Waals surface area contributed by atoms with Crippen LogP contribution in [0.5, 0.6) is 0 Å². The van der Waals surface area contributed by atoms with Crippen LogP contribution in [0.15, 0.2) is 0 Å². The molecule has 5 heteroatoms. The fraction of sp³-hybridized carbons (Fsp3) is 0.333. The molecule has 0 aliphatic heterocycles. The highest BCUT2D eigenvalue weighted by molar-refractivity contribution is 8.11. The quantitative estimate of drug-likeness (QED) is 0.359. The topological polar surface area (TPSA) is 55.1 Å². The van der Waals surface area contributed by atoms with Crippen molar-refractivity contribution in [2.24, 2.45) is 5.73 Å². The van der Waals surface area contributed by atoms with Crippen LogP contribution in [0.2, 0.25) is 0 Å². The molecule has 8 heavy (non-hydrogen) atoms. The van der Waals surface area contributed by atoms with Crippen molar-refractivity contribution in [2.45, 2.75) is 0 Å². The molecule has 0 aliphatic rings. The van der Waals surface area contributed by atoms with Gasteiger partial charge in [0.05, 0.1) is 6.54 Å². The van der Waals surface area contributed by atoms with Gasteiger partial charge in [0, 0.05) is 0 Å². The normalized spacial score (nSPS) is 8.12. The van der Waals surface area contributed by atoms with Crippen LogP contribution >= 0.6 is 24.8 Å². The minimum atomic E-state index is -0.443. The van der Waals surface area contributed by atoms with Gasteiger partial charge in [0.25, 0.3) is 0 Å². The summed E-state index contributed by atoms with van der Waals surface area (Å²) in [5, 5.41) is 2.47. The molecule has 0 atom stereocenters. The van der Waals surface area contributed by atoms with Crippen molar-refractivity contribution in [1.82, 2.24) is 5.32 Å². The molecular weight excluding hydrogens is 144 g/mol. The first kappa shape index (κ1) is 7.71. The highest BCUT2D eigenvalue weighted by Crippen LogP contribution is 1.73. The number of nitrogens with one attached hydrogen (secondary N) is 1. The largest absolute Gasteiger partial charge is 0.368 e. The van der Waals surface area contributed by atoms with Crippen LogP contribution < -0.4 is 11.1 Å². The number of primary amides is 1. The first-order chi connectivity index (χ1) is 3.63. The number of hydrogen-bond acceptors (Lipinski definition) is 2. The van der Waals surface area contributed by atoms with E-state index in [1.54, 1.807) is 0 Å². The molecule has 0 heterocycles. The van der Waals surface area contributed by atoms with Gasteiger partial charge in [-0.15, -0.1) is 12.6 Å². The maximum Gasteiger partial charge on any atom is 0.236 e. The Hall–Kier alpha value is -0.290. The SMILES string of the molecule is NC(=O)CNC(=S)S. The zero-order valence-electron chi connectivity index (χ0n) is 4.05. The van der Waals surface area contributed by atoms with Gasteiger partial charge >= 0.3 is 0 Å². The standard InChI is InChI=1S/C3H6N2OS2/c4-2(6)1-5-3(7)8/h1H2,(H2,4,6)(H2,5,7,8). The fourth-order valence-corrected chi connectivity index (χ4v) is 0.314. The van der Waals surface area contributed by atoms with Crippen LogP contribution in [-0.2, 0) is 4.79 Å². The number of carbonyl (C=O) groups is 1. The molecular formula is C3H6N2OS2. The molecule has 0 bridgehead atoms. The lowest BCUT2D eigenvalue weighted by atomic mass is 10.6. The van der Waals surface area contributed by atoms with Gasteiger partial charge in [0.1, 0.15) is 4.32 Å². The zero-order valence-corrected chi connectivity index (χ0v) is 5.76. The molecule has 0 aromatic heterocycles. The Morgan fingerprint density at radius 2 is 2.38 bits per heavy atom. The number of amides is 1. The Labute approximate surface area is 58.0 Å². The number of thiocarbonyl (C=S) groups is 1. The molecule has 0 aromatic rings. The van der Waals surface area contributed by atoms with E-state index in [1.807, 2.05) is 0 Å². The lowest BCUT2D eigenvalue weighted by Crippen LogP contribution is -2.29. The third-order valence-corrected chi connectivity index (χ3v) is 0.716. The van der Waals surface area contributed by atoms with Crippen molar-refractivity contribution in [2.75, 3.05) is 6.54 Å². The van der Waals surface area contributed by atoms with E-state index >= 15 is 0 Å². The summed E-state index contributed by atoms with van der Waals surface area (Å²) in [6.45, 7) is 0.0579. The monoisotopic (exact) mass is 150 g/mol. The molecule has 0 spiro atoms. The molecule has 46 valence electrons. The number of carbonyl (C=O) groups excluding carboxylic acids is 1. The van der Waals surface area contributed by atoms with Crippen LogP contribution in [0.1, 0.15) is 0 Å². The summed E-state index contributed by atoms with van der Waals surface area (Å²) in [5.74, 6) is -0.443. The first-order valence-electron chi connectivity index (χ1n) is 1.88. The third-order valence-electron chi connectivity index (χ3n) is 0.414. The van der Waals surface area contributed by atoms with Crippen LogP contribution in [0.3, 0.4) is 0 Å². The van der Waals surface area contributed by atoms with Crippen LogP contribution in [-0.4, -0.2) is 16.8 Å². The maximum absolute atomic E-state index is 9.97. The van der Waals surface area contributed by atoms with E-state index < -0.39 is 5.91 Å². The summed E-state index contributed by atoms with van der Waals surface area (Å²) in [6, 6.07) is 0. The van der Waals surface area contributed by atoms with Crippen molar-refractivity contribution in [3.8, 4) is 0 Å². The predicted molar refractivity (Wildman–Crippen MR) is 38.8 cm³/mol. The van der Waals surface area contributed by atoms with Gasteiger partial charge in [0.15, 0.2) is 0 Å². The van der Waals surface area contributed by atoms with Crippen molar-refractivity contribution in [3.05, 3.63) is 0 Å². The van der Waals surface area contributed by atoms with E-state index in [-0.39, 0.29) is 10.9 Å². The molecule has 0 aliphatic carbocycles. The lowest BCUT2D eigenvalue weighted by Gasteiger charge is -1.95. The van der Waals surface area contributed by atoms with E-state index in [1.165, 1.54) is 0 Å². The van der Waals surface area contributed by atoms with Crippen LogP contribution in [0, 0.1) is 0 Å². The smallest absolute Gasteiger partial charge is 0.236 e. The van der Waals surface area contributed by atoms with Crippen molar-refractivity contribution >= 4 is 35.1 Å². The summed E-state index contributed by atoms with van der Waals surface area (Å²) >= 11 is 8.14. The van der Waals surface area contributed by atoms with E-state index in [0.29, 0.717) is 0 Å². The molecule has 0 fully saturated rings. The zero-order chi connectivity index (χ0) is 6.57. The lowest BCUT2D eigenvalue weighted by molar-refractivity contribution is -0.116. The summed E-state index contributed by atoms with van der Waals surface area (Å²) in [4.78, 5) is 9.97. The highest BCUT2D eigenvalue weighted by Gasteiger charge is 1.90. The van der Waals surface area contributed by atoms with E-state index in [4.69, 9.17) is 5.73 Å². The summed E-state index contributed by atoms with van der Waals surface area (Å²) in [6.07, 6.45) is 0. The third kappa shape index (κ3) is 5.71. The highest BCUT2D eigenvalue weighted by atomic mass is 32.1. The molecule has 0 saturated carbocycles. The number of hydrogen-bond donors (Lipinski definition) is 3. The second kappa shape index (κ2) is 3.68. The molecule has 0 unspecified atom stereocenters. The Morgan fingerprint density at radius 1 is 1.88 bits per heavy atom. The van der Waals surface area contributed by atoms with Crippen molar-refractivity contribution < 1.29 is 4.79 Å². The summed E-state index contributed by atoms with van der Waals surface area (Å²) in [7, 11) is 0. The van der Waals surface area contributed by atoms with Crippen LogP contribution in [0.4, 0.5) is 0 Å². The number of nitrogens with two attached hydrogens (primary N) is 1. The second-order valence-corrected chi connectivity index (χ2v) is 2.28. The predicted octanol–water partition coefficient (Wildman–Crippen LogP) is -0.724. The van der Waals surface area contributed by atoms with E-state index in [2.05, 4.69) is 30.2 Å². The second-order valence-electron chi connectivity index (χ2n) is 1.13. The minimum absolute atomic E-state index is 0.0579. The summed E-state index contributed by atoms with van der Waals surface area (Å²) in [5.41, 5.74) is 4.75. The summed E-state index contributed by atoms with van der Waals surface area (Å²) < 4.78 is 0.281. The van der Waals surface area contributed by atoms with Crippen LogP contribution in [0.25, 0.3) is 0 Å². The molecule has 0 rings (SSSR count). The van der Waals surface area contributed by atoms with Crippen molar-refractivity contribution in [1.29, 1.82) is 0 Å². The van der Waals surface area contributed by atoms with Crippen molar-refractivity contribution in [3.63, 3.8) is 0 Å². The average Bonchev–Trinajstić information content (AvgIpc) is 1.61. The Balaban J connectivity index is 3.18. The molecule has 3 nitrogen and oxygen atoms in total. The molecule has 0 saturated heterocycles. The van der Waals surface area contributed by atoms with Gasteiger partial charge in [-0.1, -0.05) is 12.2 Å². The van der Waals surface area contributed by atoms with Gasteiger partial charge in [-0.3, -0.25) is 4.79 Å². The molecule has 0 aromatic carbocycles. The first-order valence-corrected chi connectivity index (χ1v) is 2.73. The van der Waals surface area contributed by atoms with Gasteiger partial charge in [0.2, 0.25) is 5.91 Å². The molecule has 1 amide bonds. The Bertz CT molecular complexity index is 99.9. The van der Waals surface area contributed by atoms with Gasteiger partial charge in [-0.05, 0) is 0 Å².